The molecule has 0 aliphatic carbocycles. The molecular formula is C2F7NOS. The van der Waals surface area contributed by atoms with E-state index in [-0.39, 0.29) is 0 Å². The predicted octanol–water partition coefficient (Wildman–Crippen LogP) is 2.38. The third-order valence-electron chi connectivity index (χ3n) is 0.506. The van der Waals surface area contributed by atoms with Crippen LogP contribution in [0.1, 0.15) is 0 Å². The van der Waals surface area contributed by atoms with Crippen LogP contribution < -0.4 is 0 Å². The Kier molecular flexibility index (Phi) is 2.62. The molecule has 0 rings (SSSR count). The van der Waals surface area contributed by atoms with E-state index in [0.29, 0.717) is 4.36 Å². The van der Waals surface area contributed by atoms with Crippen molar-refractivity contribution in [1.29, 1.82) is 0 Å². The summed E-state index contributed by atoms with van der Waals surface area (Å²) in [6.45, 7) is 0. The van der Waals surface area contributed by atoms with Crippen LogP contribution in [0, 0.1) is 0 Å². The summed E-state index contributed by atoms with van der Waals surface area (Å²) < 4.78 is 88.0. The highest BCUT2D eigenvalue weighted by molar-refractivity contribution is 7.89. The van der Waals surface area contributed by atoms with Crippen LogP contribution in [0.4, 0.5) is 30.2 Å². The van der Waals surface area contributed by atoms with Gasteiger partial charge in [0.1, 0.15) is 0 Å². The molecule has 0 N–H and O–H groups in total. The quantitative estimate of drug-likeness (QED) is 0.349. The number of nitrogens with zero attached hydrogens (tertiary/aromatic N) is 1. The van der Waals surface area contributed by atoms with Crippen molar-refractivity contribution in [3.63, 3.8) is 0 Å². The van der Waals surface area contributed by atoms with Gasteiger partial charge < -0.3 is 0 Å². The third kappa shape index (κ3) is 3.24. The Morgan fingerprint density at radius 2 is 1.33 bits per heavy atom. The molecule has 0 fully saturated rings. The standard InChI is InChI=1S/C2F7NOS/c3-1(4,5)10-12(9,11)2(6,7)8. The van der Waals surface area contributed by atoms with Crippen molar-refractivity contribution in [1.82, 2.24) is 0 Å². The van der Waals surface area contributed by atoms with E-state index in [1.54, 1.807) is 0 Å². The second-order valence-corrected chi connectivity index (χ2v) is 3.03. The highest BCUT2D eigenvalue weighted by atomic mass is 32.3. The Bertz CT molecular complexity index is 266. The summed E-state index contributed by atoms with van der Waals surface area (Å²) in [5.41, 5.74) is -6.12. The topological polar surface area (TPSA) is 29.4 Å². The molecule has 12 heavy (non-hydrogen) atoms. The minimum Gasteiger partial charge on any atom is -0.207 e. The third-order valence-corrected chi connectivity index (χ3v) is 1.52. The van der Waals surface area contributed by atoms with Gasteiger partial charge in [0, 0.05) is 0 Å². The molecule has 0 saturated carbocycles. The van der Waals surface area contributed by atoms with Crippen molar-refractivity contribution in [2.45, 2.75) is 11.8 Å². The molecule has 0 heterocycles. The van der Waals surface area contributed by atoms with Gasteiger partial charge in [-0.15, -0.1) is 17.1 Å². The maximum Gasteiger partial charge on any atom is 0.513 e. The molecule has 0 spiro atoms. The summed E-state index contributed by atoms with van der Waals surface area (Å²) in [6, 6.07) is 0. The summed E-state index contributed by atoms with van der Waals surface area (Å²) in [7, 11) is -6.71. The van der Waals surface area contributed by atoms with Gasteiger partial charge in [0.2, 0.25) is 0 Å². The van der Waals surface area contributed by atoms with Gasteiger partial charge in [-0.05, 0) is 0 Å². The Labute approximate surface area is 61.8 Å². The molecule has 0 aromatic heterocycles. The molecular weight excluding hydrogens is 219 g/mol. The fourth-order valence-corrected chi connectivity index (χ4v) is 0.555. The monoisotopic (exact) mass is 219 g/mol. The number of rotatable bonds is 0. The first kappa shape index (κ1) is 11.5. The van der Waals surface area contributed by atoms with E-state index in [0.717, 1.165) is 0 Å². The molecule has 74 valence electrons. The van der Waals surface area contributed by atoms with Crippen molar-refractivity contribution in [2.24, 2.45) is 4.36 Å². The molecule has 0 aliphatic rings. The smallest absolute Gasteiger partial charge is 0.207 e. The molecule has 0 aliphatic heterocycles. The SMILES string of the molecule is O=S(F)(=NC(F)(F)F)C(F)(F)F. The van der Waals surface area contributed by atoms with Crippen LogP contribution >= 0.6 is 0 Å². The summed E-state index contributed by atoms with van der Waals surface area (Å²) >= 11 is 0. The predicted molar refractivity (Wildman–Crippen MR) is 23.8 cm³/mol. The van der Waals surface area contributed by atoms with E-state index in [1.165, 1.54) is 0 Å². The first-order valence-corrected chi connectivity index (χ1v) is 3.48. The molecule has 2 nitrogen and oxygen atoms in total. The van der Waals surface area contributed by atoms with Crippen LogP contribution in [-0.2, 0) is 10.1 Å². The number of alkyl halides is 6. The van der Waals surface area contributed by atoms with Crippen LogP contribution in [0.15, 0.2) is 4.36 Å². The van der Waals surface area contributed by atoms with Gasteiger partial charge in [-0.2, -0.15) is 13.2 Å². The zero-order valence-electron chi connectivity index (χ0n) is 4.91. The van der Waals surface area contributed by atoms with Crippen molar-refractivity contribution >= 4 is 10.1 Å². The molecule has 1 atom stereocenters. The fourth-order valence-electron chi connectivity index (χ4n) is 0.185. The van der Waals surface area contributed by atoms with Gasteiger partial charge in [-0.1, -0.05) is 4.36 Å². The maximum atomic E-state index is 11.6. The van der Waals surface area contributed by atoms with Gasteiger partial charge in [0.15, 0.2) is 0 Å². The second kappa shape index (κ2) is 2.75. The zero-order chi connectivity index (χ0) is 10.2. The van der Waals surface area contributed by atoms with E-state index in [9.17, 15) is 34.4 Å². The molecule has 0 radical (unpaired) electrons. The summed E-state index contributed by atoms with van der Waals surface area (Å²) in [5.74, 6) is 0. The number of hydrogen-bond acceptors (Lipinski definition) is 2. The molecule has 0 saturated heterocycles. The van der Waals surface area contributed by atoms with E-state index >= 15 is 0 Å². The lowest BCUT2D eigenvalue weighted by Gasteiger charge is -2.05. The fraction of sp³-hybridized carbons (Fsp3) is 1.00. The van der Waals surface area contributed by atoms with Crippen molar-refractivity contribution < 1.29 is 34.4 Å². The van der Waals surface area contributed by atoms with Crippen molar-refractivity contribution in [3.05, 3.63) is 0 Å². The van der Waals surface area contributed by atoms with Crippen LogP contribution in [0.2, 0.25) is 0 Å². The average Bonchev–Trinajstić information content (AvgIpc) is 1.52. The molecule has 1 unspecified atom stereocenters. The van der Waals surface area contributed by atoms with E-state index in [1.807, 2.05) is 0 Å². The highest BCUT2D eigenvalue weighted by Crippen LogP contribution is 2.31. The highest BCUT2D eigenvalue weighted by Gasteiger charge is 2.48. The van der Waals surface area contributed by atoms with E-state index in [4.69, 9.17) is 0 Å². The summed E-state index contributed by atoms with van der Waals surface area (Å²) in [4.78, 5) is 0. The molecule has 0 aromatic carbocycles. The van der Waals surface area contributed by atoms with Gasteiger partial charge in [0.25, 0.3) is 0 Å². The van der Waals surface area contributed by atoms with Crippen molar-refractivity contribution in [3.8, 4) is 0 Å². The molecule has 0 aromatic rings. The number of hydrogen-bond donors (Lipinski definition) is 0. The van der Waals surface area contributed by atoms with Crippen LogP contribution in [0.5, 0.6) is 0 Å². The van der Waals surface area contributed by atoms with Gasteiger partial charge >= 0.3 is 21.9 Å². The van der Waals surface area contributed by atoms with Crippen LogP contribution in [0.3, 0.4) is 0 Å². The molecule has 0 amide bonds. The van der Waals surface area contributed by atoms with Gasteiger partial charge in [-0.25, -0.2) is 4.21 Å². The van der Waals surface area contributed by atoms with E-state index in [2.05, 4.69) is 0 Å². The van der Waals surface area contributed by atoms with Crippen LogP contribution in [-0.4, -0.2) is 16.0 Å². The largest absolute Gasteiger partial charge is 0.513 e. The lowest BCUT2D eigenvalue weighted by Crippen LogP contribution is -2.21. The number of halogens is 7. The first-order chi connectivity index (χ1) is 4.96. The minimum absolute atomic E-state index is 0.549. The lowest BCUT2D eigenvalue weighted by molar-refractivity contribution is -0.120. The Morgan fingerprint density at radius 1 is 1.00 bits per heavy atom. The normalized spacial score (nSPS) is 18.6. The lowest BCUT2D eigenvalue weighted by atomic mass is 11.3. The Balaban J connectivity index is 5.15. The Morgan fingerprint density at radius 3 is 1.42 bits per heavy atom. The Hall–Kier alpha value is -0.540. The van der Waals surface area contributed by atoms with Gasteiger partial charge in [0.05, 0.1) is 0 Å². The zero-order valence-corrected chi connectivity index (χ0v) is 5.73. The minimum atomic E-state index is -6.71. The van der Waals surface area contributed by atoms with Crippen molar-refractivity contribution in [2.75, 3.05) is 0 Å². The summed E-state index contributed by atoms with van der Waals surface area (Å²) in [5, 5.41) is 0. The molecule has 0 bridgehead atoms. The van der Waals surface area contributed by atoms with Gasteiger partial charge in [-0.3, -0.25) is 0 Å². The second-order valence-electron chi connectivity index (χ2n) is 1.46. The van der Waals surface area contributed by atoms with Crippen LogP contribution in [0.25, 0.3) is 0 Å². The first-order valence-electron chi connectivity index (χ1n) is 2.07. The molecule has 10 heteroatoms. The average molecular weight is 219 g/mol. The maximum absolute atomic E-state index is 11.6. The summed E-state index contributed by atoms with van der Waals surface area (Å²) in [6.07, 6.45) is -5.80. The van der Waals surface area contributed by atoms with E-state index < -0.39 is 21.9 Å².